The van der Waals surface area contributed by atoms with E-state index in [2.05, 4.69) is 50.9 Å². The van der Waals surface area contributed by atoms with Crippen LogP contribution in [-0.2, 0) is 0 Å². The highest BCUT2D eigenvalue weighted by molar-refractivity contribution is 7.19. The van der Waals surface area contributed by atoms with Gasteiger partial charge in [-0.1, -0.05) is 27.7 Å². The minimum absolute atomic E-state index is 0.511. The Hall–Kier alpha value is -0.890. The van der Waals surface area contributed by atoms with Gasteiger partial charge >= 0.3 is 0 Å². The lowest BCUT2D eigenvalue weighted by Gasteiger charge is -2.02. The minimum atomic E-state index is 0.511. The van der Waals surface area contributed by atoms with Crippen molar-refractivity contribution in [1.29, 1.82) is 0 Å². The quantitative estimate of drug-likeness (QED) is 0.722. The number of rotatable bonds is 2. The first-order valence-electron chi connectivity index (χ1n) is 5.48. The second kappa shape index (κ2) is 3.93. The Morgan fingerprint density at radius 1 is 1.07 bits per heavy atom. The van der Waals surface area contributed by atoms with Gasteiger partial charge in [0.15, 0.2) is 0 Å². The Labute approximate surface area is 95.2 Å². The summed E-state index contributed by atoms with van der Waals surface area (Å²) in [7, 11) is 0. The Morgan fingerprint density at radius 2 is 1.80 bits per heavy atom. The molecule has 0 amide bonds. The fourth-order valence-corrected chi connectivity index (χ4v) is 2.57. The number of pyridine rings is 1. The first kappa shape index (κ1) is 10.6. The topological polar surface area (TPSA) is 12.9 Å². The molecule has 0 aliphatic heterocycles. The molecule has 2 heterocycles. The summed E-state index contributed by atoms with van der Waals surface area (Å²) in [6, 6.07) is 6.58. The molecule has 2 aromatic heterocycles. The van der Waals surface area contributed by atoms with E-state index in [1.165, 1.54) is 15.3 Å². The van der Waals surface area contributed by atoms with Crippen LogP contribution in [0.2, 0.25) is 0 Å². The third-order valence-electron chi connectivity index (χ3n) is 2.57. The van der Waals surface area contributed by atoms with E-state index in [0.29, 0.717) is 11.8 Å². The number of nitrogens with zero attached hydrogens (tertiary/aromatic N) is 1. The molecular formula is C13H17NS. The summed E-state index contributed by atoms with van der Waals surface area (Å²) >= 11 is 1.86. The average molecular weight is 219 g/mol. The second-order valence-corrected chi connectivity index (χ2v) is 5.69. The van der Waals surface area contributed by atoms with Crippen LogP contribution in [0.4, 0.5) is 0 Å². The smallest absolute Gasteiger partial charge is 0.0816 e. The maximum atomic E-state index is 4.69. The van der Waals surface area contributed by atoms with E-state index in [9.17, 15) is 0 Å². The molecular weight excluding hydrogens is 202 g/mol. The highest BCUT2D eigenvalue weighted by Gasteiger charge is 2.08. The van der Waals surface area contributed by atoms with E-state index in [0.717, 1.165) is 5.52 Å². The van der Waals surface area contributed by atoms with Gasteiger partial charge in [-0.25, -0.2) is 0 Å². The standard InChI is InChI=1S/C13H17NS/c1-8(2)10-5-6-12-11(14-10)7-13(15-12)9(3)4/h5-9H,1-4H3. The van der Waals surface area contributed by atoms with Crippen LogP contribution in [0.3, 0.4) is 0 Å². The largest absolute Gasteiger partial charge is 0.252 e. The van der Waals surface area contributed by atoms with Gasteiger partial charge in [0.05, 0.1) is 10.2 Å². The normalized spacial score (nSPS) is 11.9. The number of hydrogen-bond acceptors (Lipinski definition) is 2. The van der Waals surface area contributed by atoms with Crippen LogP contribution in [0.5, 0.6) is 0 Å². The highest BCUT2D eigenvalue weighted by Crippen LogP contribution is 2.30. The molecule has 2 aromatic rings. The zero-order valence-electron chi connectivity index (χ0n) is 9.74. The fourth-order valence-electron chi connectivity index (χ4n) is 1.56. The molecule has 0 N–H and O–H groups in total. The van der Waals surface area contributed by atoms with Crippen LogP contribution in [-0.4, -0.2) is 4.98 Å². The summed E-state index contributed by atoms with van der Waals surface area (Å²) in [5.74, 6) is 1.11. The number of hydrogen-bond donors (Lipinski definition) is 0. The van der Waals surface area contributed by atoms with E-state index in [4.69, 9.17) is 0 Å². The molecule has 15 heavy (non-hydrogen) atoms. The van der Waals surface area contributed by atoms with Crippen molar-refractivity contribution in [2.75, 3.05) is 0 Å². The third kappa shape index (κ3) is 2.05. The molecule has 0 fully saturated rings. The highest BCUT2D eigenvalue weighted by atomic mass is 32.1. The monoisotopic (exact) mass is 219 g/mol. The van der Waals surface area contributed by atoms with Crippen molar-refractivity contribution < 1.29 is 0 Å². The maximum absolute atomic E-state index is 4.69. The second-order valence-electron chi connectivity index (χ2n) is 4.58. The summed E-state index contributed by atoms with van der Waals surface area (Å²) in [6.45, 7) is 8.83. The molecule has 0 aromatic carbocycles. The van der Waals surface area contributed by atoms with Gasteiger partial charge in [0.25, 0.3) is 0 Å². The summed E-state index contributed by atoms with van der Waals surface area (Å²) in [6.07, 6.45) is 0. The van der Waals surface area contributed by atoms with Crippen molar-refractivity contribution in [1.82, 2.24) is 4.98 Å². The molecule has 2 heteroatoms. The molecule has 2 rings (SSSR count). The van der Waals surface area contributed by atoms with Crippen molar-refractivity contribution in [3.05, 3.63) is 28.8 Å². The summed E-state index contributed by atoms with van der Waals surface area (Å²) < 4.78 is 1.31. The number of thiophene rings is 1. The lowest BCUT2D eigenvalue weighted by atomic mass is 10.1. The molecule has 80 valence electrons. The Bertz CT molecular complexity index is 462. The molecule has 0 saturated heterocycles. The Morgan fingerprint density at radius 3 is 2.40 bits per heavy atom. The van der Waals surface area contributed by atoms with Crippen LogP contribution in [0.25, 0.3) is 10.2 Å². The molecule has 0 unspecified atom stereocenters. The lowest BCUT2D eigenvalue weighted by Crippen LogP contribution is -1.90. The molecule has 0 bridgehead atoms. The predicted molar refractivity (Wildman–Crippen MR) is 67.8 cm³/mol. The zero-order valence-corrected chi connectivity index (χ0v) is 10.6. The molecule has 0 saturated carbocycles. The minimum Gasteiger partial charge on any atom is -0.252 e. The van der Waals surface area contributed by atoms with E-state index < -0.39 is 0 Å². The van der Waals surface area contributed by atoms with Gasteiger partial charge < -0.3 is 0 Å². The van der Waals surface area contributed by atoms with Crippen molar-refractivity contribution >= 4 is 21.6 Å². The zero-order chi connectivity index (χ0) is 11.0. The van der Waals surface area contributed by atoms with Crippen LogP contribution in [0.1, 0.15) is 50.1 Å². The van der Waals surface area contributed by atoms with E-state index in [1.54, 1.807) is 0 Å². The van der Waals surface area contributed by atoms with Gasteiger partial charge in [0.2, 0.25) is 0 Å². The maximum Gasteiger partial charge on any atom is 0.0816 e. The first-order valence-corrected chi connectivity index (χ1v) is 6.30. The van der Waals surface area contributed by atoms with Crippen molar-refractivity contribution in [2.45, 2.75) is 39.5 Å². The van der Waals surface area contributed by atoms with Crippen molar-refractivity contribution in [3.8, 4) is 0 Å². The first-order chi connectivity index (χ1) is 7.08. The van der Waals surface area contributed by atoms with Gasteiger partial charge in [-0.3, -0.25) is 4.98 Å². The van der Waals surface area contributed by atoms with Gasteiger partial charge in [0, 0.05) is 10.6 Å². The molecule has 0 radical (unpaired) electrons. The molecule has 1 nitrogen and oxygen atoms in total. The number of fused-ring (bicyclic) bond motifs is 1. The SMILES string of the molecule is CC(C)c1ccc2sc(C(C)C)cc2n1. The van der Waals surface area contributed by atoms with Gasteiger partial charge in [-0.15, -0.1) is 11.3 Å². The fraction of sp³-hybridized carbons (Fsp3) is 0.462. The van der Waals surface area contributed by atoms with Crippen LogP contribution < -0.4 is 0 Å². The summed E-state index contributed by atoms with van der Waals surface area (Å²) in [5.41, 5.74) is 2.35. The molecule has 0 aliphatic rings. The third-order valence-corrected chi connectivity index (χ3v) is 3.96. The summed E-state index contributed by atoms with van der Waals surface area (Å²) in [5, 5.41) is 0. The van der Waals surface area contributed by atoms with Crippen LogP contribution in [0, 0.1) is 0 Å². The van der Waals surface area contributed by atoms with Crippen LogP contribution >= 0.6 is 11.3 Å². The Balaban J connectivity index is 2.52. The van der Waals surface area contributed by atoms with E-state index >= 15 is 0 Å². The van der Waals surface area contributed by atoms with Gasteiger partial charge in [-0.05, 0) is 30.0 Å². The molecule has 0 atom stereocenters. The Kier molecular flexibility index (Phi) is 2.79. The predicted octanol–water partition coefficient (Wildman–Crippen LogP) is 4.54. The lowest BCUT2D eigenvalue weighted by molar-refractivity contribution is 0.830. The summed E-state index contributed by atoms with van der Waals surface area (Å²) in [4.78, 5) is 6.12. The van der Waals surface area contributed by atoms with Crippen LogP contribution in [0.15, 0.2) is 18.2 Å². The van der Waals surface area contributed by atoms with Gasteiger partial charge in [-0.2, -0.15) is 0 Å². The average Bonchev–Trinajstić information content (AvgIpc) is 2.59. The molecule has 0 spiro atoms. The van der Waals surface area contributed by atoms with E-state index in [1.807, 2.05) is 11.3 Å². The van der Waals surface area contributed by atoms with E-state index in [-0.39, 0.29) is 0 Å². The van der Waals surface area contributed by atoms with Gasteiger partial charge in [0.1, 0.15) is 0 Å². The van der Waals surface area contributed by atoms with Crippen molar-refractivity contribution in [3.63, 3.8) is 0 Å². The number of aromatic nitrogens is 1. The van der Waals surface area contributed by atoms with Crippen molar-refractivity contribution in [2.24, 2.45) is 0 Å². The molecule has 0 aliphatic carbocycles.